The molecule has 1 aliphatic rings. The van der Waals surface area contributed by atoms with Gasteiger partial charge in [-0.2, -0.15) is 9.97 Å². The van der Waals surface area contributed by atoms with E-state index in [4.69, 9.17) is 0 Å². The number of hydrogen-bond acceptors (Lipinski definition) is 6. The Labute approximate surface area is 124 Å². The second kappa shape index (κ2) is 5.85. The van der Waals surface area contributed by atoms with Gasteiger partial charge in [-0.05, 0) is 20.4 Å². The Morgan fingerprint density at radius 2 is 2.19 bits per heavy atom. The summed E-state index contributed by atoms with van der Waals surface area (Å²) >= 11 is 0. The molecule has 0 saturated carbocycles. The summed E-state index contributed by atoms with van der Waals surface area (Å²) in [6.07, 6.45) is 1.68. The van der Waals surface area contributed by atoms with Crippen molar-refractivity contribution in [2.45, 2.75) is 26.8 Å². The van der Waals surface area contributed by atoms with E-state index in [0.717, 1.165) is 49.7 Å². The number of fused-ring (bicyclic) bond motifs is 1. The molecule has 7 heteroatoms. The Kier molecular flexibility index (Phi) is 3.92. The van der Waals surface area contributed by atoms with Gasteiger partial charge in [-0.15, -0.1) is 0 Å². The molecule has 0 radical (unpaired) electrons. The Bertz CT molecular complexity index is 608. The van der Waals surface area contributed by atoms with Gasteiger partial charge in [0.1, 0.15) is 5.52 Å². The molecule has 0 aliphatic carbocycles. The summed E-state index contributed by atoms with van der Waals surface area (Å²) < 4.78 is 0. The first-order valence-corrected chi connectivity index (χ1v) is 7.66. The molecule has 114 valence electrons. The number of nitrogens with one attached hydrogen (secondary N) is 2. The number of nitrogens with zero attached hydrogens (tertiary/aromatic N) is 5. The maximum atomic E-state index is 4.69. The van der Waals surface area contributed by atoms with E-state index in [1.54, 1.807) is 6.33 Å². The largest absolute Gasteiger partial charge is 0.354 e. The minimum Gasteiger partial charge on any atom is -0.354 e. The van der Waals surface area contributed by atoms with Gasteiger partial charge in [0.2, 0.25) is 5.95 Å². The first-order chi connectivity index (χ1) is 10.2. The molecule has 2 N–H and O–H groups in total. The molecule has 1 unspecified atom stereocenters. The van der Waals surface area contributed by atoms with Crippen LogP contribution in [0.5, 0.6) is 0 Å². The lowest BCUT2D eigenvalue weighted by Gasteiger charge is -2.39. The molecule has 0 spiro atoms. The molecule has 21 heavy (non-hydrogen) atoms. The number of anilines is 2. The molecule has 0 aromatic carbocycles. The van der Waals surface area contributed by atoms with E-state index in [-0.39, 0.29) is 0 Å². The van der Waals surface area contributed by atoms with Crippen molar-refractivity contribution in [2.24, 2.45) is 0 Å². The van der Waals surface area contributed by atoms with Crippen LogP contribution in [0.1, 0.15) is 20.8 Å². The van der Waals surface area contributed by atoms with E-state index in [1.165, 1.54) is 0 Å². The highest BCUT2D eigenvalue weighted by Crippen LogP contribution is 2.25. The van der Waals surface area contributed by atoms with Crippen LogP contribution in [0.15, 0.2) is 6.33 Å². The Hall–Kier alpha value is -1.89. The molecular weight excluding hydrogens is 266 g/mol. The molecule has 1 atom stereocenters. The van der Waals surface area contributed by atoms with Crippen molar-refractivity contribution < 1.29 is 0 Å². The highest BCUT2D eigenvalue weighted by molar-refractivity contribution is 5.84. The normalized spacial score (nSPS) is 20.1. The maximum absolute atomic E-state index is 4.69. The quantitative estimate of drug-likeness (QED) is 0.884. The van der Waals surface area contributed by atoms with Gasteiger partial charge in [-0.25, -0.2) is 4.98 Å². The van der Waals surface area contributed by atoms with Crippen LogP contribution in [-0.4, -0.2) is 63.6 Å². The minimum absolute atomic E-state index is 0.527. The van der Waals surface area contributed by atoms with E-state index < -0.39 is 0 Å². The highest BCUT2D eigenvalue weighted by Gasteiger charge is 2.25. The predicted octanol–water partition coefficient (Wildman–Crippen LogP) is 1.32. The fourth-order valence-corrected chi connectivity index (χ4v) is 2.94. The van der Waals surface area contributed by atoms with Crippen LogP contribution in [0, 0.1) is 0 Å². The standard InChI is InChI=1S/C14H23N7/c1-4-15-14-18-12-11(16-9-17-12)13(19-14)21-7-6-20(5-2)10(3)8-21/h9-10H,4-8H2,1-3H3,(H2,15,16,17,18,19). The van der Waals surface area contributed by atoms with Crippen LogP contribution < -0.4 is 10.2 Å². The lowest BCUT2D eigenvalue weighted by Crippen LogP contribution is -2.52. The molecule has 0 amide bonds. The van der Waals surface area contributed by atoms with E-state index in [9.17, 15) is 0 Å². The Balaban J connectivity index is 1.93. The van der Waals surface area contributed by atoms with Gasteiger partial charge >= 0.3 is 0 Å². The summed E-state index contributed by atoms with van der Waals surface area (Å²) in [6.45, 7) is 11.4. The highest BCUT2D eigenvalue weighted by atomic mass is 15.3. The Morgan fingerprint density at radius 1 is 1.33 bits per heavy atom. The number of likely N-dealkylation sites (N-methyl/N-ethyl adjacent to an activating group) is 1. The maximum Gasteiger partial charge on any atom is 0.226 e. The number of rotatable bonds is 4. The molecule has 3 rings (SSSR count). The number of imidazole rings is 1. The van der Waals surface area contributed by atoms with Crippen LogP contribution in [0.4, 0.5) is 11.8 Å². The molecule has 1 aliphatic heterocycles. The van der Waals surface area contributed by atoms with Crippen molar-refractivity contribution in [3.63, 3.8) is 0 Å². The monoisotopic (exact) mass is 289 g/mol. The summed E-state index contributed by atoms with van der Waals surface area (Å²) in [5, 5.41) is 3.19. The number of H-pyrrole nitrogens is 1. The molecule has 3 heterocycles. The Morgan fingerprint density at radius 3 is 2.90 bits per heavy atom. The fraction of sp³-hybridized carbons (Fsp3) is 0.643. The number of aromatic amines is 1. The van der Waals surface area contributed by atoms with Gasteiger partial charge in [-0.1, -0.05) is 6.92 Å². The molecule has 0 bridgehead atoms. The van der Waals surface area contributed by atoms with Crippen molar-refractivity contribution in [3.05, 3.63) is 6.33 Å². The van der Waals surface area contributed by atoms with Crippen LogP contribution in [-0.2, 0) is 0 Å². The zero-order valence-electron chi connectivity index (χ0n) is 12.9. The van der Waals surface area contributed by atoms with Crippen molar-refractivity contribution >= 4 is 22.9 Å². The van der Waals surface area contributed by atoms with Crippen LogP contribution >= 0.6 is 0 Å². The summed E-state index contributed by atoms with van der Waals surface area (Å²) in [6, 6.07) is 0.527. The summed E-state index contributed by atoms with van der Waals surface area (Å²) in [5.41, 5.74) is 1.65. The van der Waals surface area contributed by atoms with Gasteiger partial charge in [0.05, 0.1) is 6.33 Å². The van der Waals surface area contributed by atoms with Gasteiger partial charge in [0, 0.05) is 32.2 Å². The van der Waals surface area contributed by atoms with Crippen molar-refractivity contribution in [3.8, 4) is 0 Å². The lowest BCUT2D eigenvalue weighted by atomic mass is 10.2. The first kappa shape index (κ1) is 14.1. The zero-order chi connectivity index (χ0) is 14.8. The number of hydrogen-bond donors (Lipinski definition) is 2. The van der Waals surface area contributed by atoms with Crippen LogP contribution in [0.2, 0.25) is 0 Å². The minimum atomic E-state index is 0.527. The van der Waals surface area contributed by atoms with Crippen LogP contribution in [0.3, 0.4) is 0 Å². The summed E-state index contributed by atoms with van der Waals surface area (Å²) in [4.78, 5) is 21.4. The van der Waals surface area contributed by atoms with E-state index in [1.807, 2.05) is 6.92 Å². The second-order valence-corrected chi connectivity index (χ2v) is 5.43. The number of aromatic nitrogens is 4. The lowest BCUT2D eigenvalue weighted by molar-refractivity contribution is 0.199. The third-order valence-corrected chi connectivity index (χ3v) is 4.07. The SMILES string of the molecule is CCNc1nc(N2CCN(CC)C(C)C2)c2[nH]cnc2n1. The molecule has 1 fully saturated rings. The fourth-order valence-electron chi connectivity index (χ4n) is 2.94. The third-order valence-electron chi connectivity index (χ3n) is 4.07. The van der Waals surface area contributed by atoms with Crippen LogP contribution in [0.25, 0.3) is 11.2 Å². The molecule has 7 nitrogen and oxygen atoms in total. The van der Waals surface area contributed by atoms with Gasteiger partial charge in [0.15, 0.2) is 11.5 Å². The average molecular weight is 289 g/mol. The van der Waals surface area contributed by atoms with E-state index >= 15 is 0 Å². The van der Waals surface area contributed by atoms with E-state index in [0.29, 0.717) is 12.0 Å². The molecule has 2 aromatic heterocycles. The molecule has 1 saturated heterocycles. The van der Waals surface area contributed by atoms with Gasteiger partial charge in [-0.3, -0.25) is 4.90 Å². The van der Waals surface area contributed by atoms with Crippen molar-refractivity contribution in [2.75, 3.05) is 42.9 Å². The number of piperazine rings is 1. The summed E-state index contributed by atoms with van der Waals surface area (Å²) in [5.74, 6) is 1.61. The third kappa shape index (κ3) is 2.65. The van der Waals surface area contributed by atoms with Crippen molar-refractivity contribution in [1.82, 2.24) is 24.8 Å². The second-order valence-electron chi connectivity index (χ2n) is 5.43. The smallest absolute Gasteiger partial charge is 0.226 e. The van der Waals surface area contributed by atoms with E-state index in [2.05, 4.69) is 48.9 Å². The predicted molar refractivity (Wildman–Crippen MR) is 84.8 cm³/mol. The average Bonchev–Trinajstić information content (AvgIpc) is 2.95. The first-order valence-electron chi connectivity index (χ1n) is 7.66. The molecule has 2 aromatic rings. The topological polar surface area (TPSA) is 73.0 Å². The van der Waals surface area contributed by atoms with Crippen molar-refractivity contribution in [1.29, 1.82) is 0 Å². The summed E-state index contributed by atoms with van der Waals surface area (Å²) in [7, 11) is 0. The zero-order valence-corrected chi connectivity index (χ0v) is 12.9. The van der Waals surface area contributed by atoms with Gasteiger partial charge < -0.3 is 15.2 Å². The molecular formula is C14H23N7. The van der Waals surface area contributed by atoms with Gasteiger partial charge in [0.25, 0.3) is 0 Å².